The number of amides is 3. The van der Waals surface area contributed by atoms with Crippen molar-refractivity contribution in [3.63, 3.8) is 0 Å². The Kier molecular flexibility index (Phi) is 8.01. The summed E-state index contributed by atoms with van der Waals surface area (Å²) in [6.45, 7) is 6.52. The monoisotopic (exact) mass is 406 g/mol. The van der Waals surface area contributed by atoms with Gasteiger partial charge in [0, 0.05) is 20.2 Å². The van der Waals surface area contributed by atoms with Crippen LogP contribution in [0.2, 0.25) is 0 Å². The first kappa shape index (κ1) is 21.9. The van der Waals surface area contributed by atoms with Crippen molar-refractivity contribution in [1.29, 1.82) is 0 Å². The average molecular weight is 407 g/mol. The summed E-state index contributed by atoms with van der Waals surface area (Å²) in [7, 11) is 1.43. The van der Waals surface area contributed by atoms with Crippen LogP contribution in [-0.2, 0) is 16.1 Å². The molecule has 0 saturated heterocycles. The number of fused-ring (bicyclic) bond motifs is 1. The third kappa shape index (κ3) is 5.80. The number of carbonyl (C=O) groups excluding carboxylic acids is 2. The molecule has 0 radical (unpaired) electrons. The number of carbonyl (C=O) groups is 2. The number of para-hydroxylation sites is 1. The zero-order valence-corrected chi connectivity index (χ0v) is 17.3. The van der Waals surface area contributed by atoms with Gasteiger partial charge >= 0.3 is 6.03 Å². The number of imide groups is 1. The van der Waals surface area contributed by atoms with E-state index in [1.807, 2.05) is 19.9 Å². The Balaban J connectivity index is 2.28. The van der Waals surface area contributed by atoms with Crippen molar-refractivity contribution in [3.8, 4) is 0 Å². The molecule has 2 N–H and O–H groups in total. The van der Waals surface area contributed by atoms with Gasteiger partial charge in [-0.05, 0) is 39.3 Å². The van der Waals surface area contributed by atoms with E-state index < -0.39 is 17.2 Å². The Bertz CT molecular complexity index is 897. The number of urea groups is 1. The fraction of sp³-hybridized carbons (Fsp3) is 0.474. The number of hydrogen-bond acceptors (Lipinski definition) is 6. The minimum absolute atomic E-state index is 0.119. The molecular weight excluding hydrogens is 380 g/mol. The van der Waals surface area contributed by atoms with Crippen molar-refractivity contribution in [1.82, 2.24) is 20.2 Å². The van der Waals surface area contributed by atoms with Gasteiger partial charge in [0.05, 0.1) is 22.3 Å². The summed E-state index contributed by atoms with van der Waals surface area (Å²) in [4.78, 5) is 41.1. The predicted molar refractivity (Wildman–Crippen MR) is 110 cm³/mol. The molecule has 3 amide bonds. The summed E-state index contributed by atoms with van der Waals surface area (Å²) in [5.74, 6) is -0.457. The first-order chi connectivity index (χ1) is 13.3. The maximum Gasteiger partial charge on any atom is 0.321 e. The molecule has 2 rings (SSSR count). The van der Waals surface area contributed by atoms with Crippen molar-refractivity contribution >= 4 is 34.6 Å². The fourth-order valence-corrected chi connectivity index (χ4v) is 3.40. The second-order valence-electron chi connectivity index (χ2n) is 6.47. The molecule has 0 bridgehead atoms. The summed E-state index contributed by atoms with van der Waals surface area (Å²) in [6.07, 6.45) is 0.763. The largest absolute Gasteiger partial charge is 0.379 e. The van der Waals surface area contributed by atoms with Gasteiger partial charge in [-0.1, -0.05) is 23.9 Å². The van der Waals surface area contributed by atoms with E-state index in [1.165, 1.54) is 7.05 Å². The second kappa shape index (κ2) is 10.2. The molecule has 1 aromatic carbocycles. The summed E-state index contributed by atoms with van der Waals surface area (Å²) in [5.41, 5.74) is 0.417. The van der Waals surface area contributed by atoms with Crippen LogP contribution in [0.4, 0.5) is 4.79 Å². The summed E-state index contributed by atoms with van der Waals surface area (Å²) in [6, 6.07) is 6.53. The highest BCUT2D eigenvalue weighted by Gasteiger charge is 2.20. The summed E-state index contributed by atoms with van der Waals surface area (Å²) >= 11 is 1.14. The van der Waals surface area contributed by atoms with Gasteiger partial charge in [-0.3, -0.25) is 19.5 Å². The highest BCUT2D eigenvalue weighted by Crippen LogP contribution is 2.23. The minimum Gasteiger partial charge on any atom is -0.379 e. The van der Waals surface area contributed by atoms with Crippen molar-refractivity contribution in [2.45, 2.75) is 50.2 Å². The number of rotatable bonds is 8. The Labute approximate surface area is 168 Å². The summed E-state index contributed by atoms with van der Waals surface area (Å²) in [5, 5.41) is 4.94. The minimum atomic E-state index is -0.608. The van der Waals surface area contributed by atoms with Crippen LogP contribution in [0.25, 0.3) is 10.9 Å². The van der Waals surface area contributed by atoms with Crippen LogP contribution in [0.1, 0.15) is 27.2 Å². The molecule has 8 nitrogen and oxygen atoms in total. The lowest BCUT2D eigenvalue weighted by Crippen LogP contribution is -2.41. The molecular formula is C19H26N4O4S. The van der Waals surface area contributed by atoms with Crippen LogP contribution in [0.3, 0.4) is 0 Å². The van der Waals surface area contributed by atoms with Crippen LogP contribution in [0.5, 0.6) is 0 Å². The number of aromatic nitrogens is 2. The molecule has 0 aliphatic rings. The molecule has 0 fully saturated rings. The number of hydrogen-bond donors (Lipinski definition) is 2. The van der Waals surface area contributed by atoms with Crippen LogP contribution in [-0.4, -0.2) is 46.5 Å². The van der Waals surface area contributed by atoms with E-state index in [0.29, 0.717) is 35.6 Å². The Morgan fingerprint density at radius 3 is 2.64 bits per heavy atom. The fourth-order valence-electron chi connectivity index (χ4n) is 2.46. The number of nitrogens with zero attached hydrogens (tertiary/aromatic N) is 2. The molecule has 1 aromatic heterocycles. The third-order valence-corrected chi connectivity index (χ3v) is 5.01. The van der Waals surface area contributed by atoms with Crippen molar-refractivity contribution < 1.29 is 14.3 Å². The lowest BCUT2D eigenvalue weighted by molar-refractivity contribution is -0.119. The zero-order chi connectivity index (χ0) is 20.7. The lowest BCUT2D eigenvalue weighted by Gasteiger charge is -2.16. The molecule has 28 heavy (non-hydrogen) atoms. The van der Waals surface area contributed by atoms with Gasteiger partial charge in [0.15, 0.2) is 5.16 Å². The topological polar surface area (TPSA) is 102 Å². The van der Waals surface area contributed by atoms with Crippen molar-refractivity contribution in [2.75, 3.05) is 13.7 Å². The van der Waals surface area contributed by atoms with E-state index in [4.69, 9.17) is 4.74 Å². The Hall–Kier alpha value is -2.39. The molecule has 9 heteroatoms. The zero-order valence-electron chi connectivity index (χ0n) is 16.5. The SMILES string of the molecule is CNC(=O)NC(=O)[C@@H](C)Sc1nc2ccccc2c(=O)n1CCCOC(C)C. The smallest absolute Gasteiger partial charge is 0.321 e. The first-order valence-corrected chi connectivity index (χ1v) is 10.0. The number of benzene rings is 1. The normalized spacial score (nSPS) is 12.2. The van der Waals surface area contributed by atoms with Gasteiger partial charge in [0.1, 0.15) is 0 Å². The van der Waals surface area contributed by atoms with E-state index in [1.54, 1.807) is 29.7 Å². The van der Waals surface area contributed by atoms with Gasteiger partial charge in [-0.2, -0.15) is 0 Å². The molecule has 1 heterocycles. The van der Waals surface area contributed by atoms with Crippen LogP contribution < -0.4 is 16.2 Å². The van der Waals surface area contributed by atoms with E-state index in [9.17, 15) is 14.4 Å². The molecule has 2 aromatic rings. The van der Waals surface area contributed by atoms with Gasteiger partial charge in [-0.15, -0.1) is 0 Å². The molecule has 0 saturated carbocycles. The number of thioether (sulfide) groups is 1. The van der Waals surface area contributed by atoms with Crippen molar-refractivity contribution in [2.24, 2.45) is 0 Å². The predicted octanol–water partition coefficient (Wildman–Crippen LogP) is 2.15. The van der Waals surface area contributed by atoms with Crippen LogP contribution in [0, 0.1) is 0 Å². The lowest BCUT2D eigenvalue weighted by atomic mass is 10.2. The molecule has 0 aliphatic carbocycles. The molecule has 0 unspecified atom stereocenters. The average Bonchev–Trinajstić information content (AvgIpc) is 2.66. The van der Waals surface area contributed by atoms with Gasteiger partial charge < -0.3 is 10.1 Å². The van der Waals surface area contributed by atoms with Gasteiger partial charge in [0.2, 0.25) is 5.91 Å². The van der Waals surface area contributed by atoms with Crippen molar-refractivity contribution in [3.05, 3.63) is 34.6 Å². The van der Waals surface area contributed by atoms with E-state index in [-0.39, 0.29) is 11.7 Å². The molecule has 152 valence electrons. The second-order valence-corrected chi connectivity index (χ2v) is 7.78. The first-order valence-electron chi connectivity index (χ1n) is 9.14. The number of nitrogens with one attached hydrogen (secondary N) is 2. The van der Waals surface area contributed by atoms with Crippen LogP contribution in [0.15, 0.2) is 34.2 Å². The third-order valence-electron chi connectivity index (χ3n) is 3.92. The van der Waals surface area contributed by atoms with E-state index >= 15 is 0 Å². The molecule has 0 spiro atoms. The quantitative estimate of drug-likeness (QED) is 0.396. The van der Waals surface area contributed by atoms with Crippen LogP contribution >= 0.6 is 11.8 Å². The highest BCUT2D eigenvalue weighted by molar-refractivity contribution is 8.00. The van der Waals surface area contributed by atoms with Gasteiger partial charge in [-0.25, -0.2) is 9.78 Å². The van der Waals surface area contributed by atoms with Gasteiger partial charge in [0.25, 0.3) is 5.56 Å². The standard InChI is InChI=1S/C19H26N4O4S/c1-12(2)27-11-7-10-23-17(25)14-8-5-6-9-15(14)21-19(23)28-13(3)16(24)22-18(26)20-4/h5-6,8-9,12-13H,7,10-11H2,1-4H3,(H2,20,22,24,26)/t13-/m1/s1. The Morgan fingerprint density at radius 1 is 1.25 bits per heavy atom. The van der Waals surface area contributed by atoms with E-state index in [2.05, 4.69) is 15.6 Å². The Morgan fingerprint density at radius 2 is 1.96 bits per heavy atom. The molecule has 1 atom stereocenters. The maximum absolute atomic E-state index is 13.0. The highest BCUT2D eigenvalue weighted by atomic mass is 32.2. The summed E-state index contributed by atoms with van der Waals surface area (Å²) < 4.78 is 7.12. The molecule has 0 aliphatic heterocycles. The maximum atomic E-state index is 13.0. The van der Waals surface area contributed by atoms with E-state index in [0.717, 1.165) is 11.8 Å². The number of ether oxygens (including phenoxy) is 1.